The van der Waals surface area contributed by atoms with Gasteiger partial charge < -0.3 is 15.0 Å². The standard InChI is InChI=1S/C15H30N2O.2ClH/c1-3-12-17(2)13-6-4-5-7-14-18-15-8-10-16-11-9-15;;/h3,15-16H,1,4-14H2,2H3;2*1H. The van der Waals surface area contributed by atoms with E-state index in [1.165, 1.54) is 45.1 Å². The van der Waals surface area contributed by atoms with Crippen LogP contribution in [0.1, 0.15) is 38.5 Å². The predicted octanol–water partition coefficient (Wildman–Crippen LogP) is 3.28. The number of nitrogens with zero attached hydrogens (tertiary/aromatic N) is 1. The van der Waals surface area contributed by atoms with Gasteiger partial charge in [-0.2, -0.15) is 0 Å². The number of hydrogen-bond donors (Lipinski definition) is 1. The van der Waals surface area contributed by atoms with Gasteiger partial charge in [-0.25, -0.2) is 0 Å². The molecular weight excluding hydrogens is 295 g/mol. The fourth-order valence-electron chi connectivity index (χ4n) is 2.36. The summed E-state index contributed by atoms with van der Waals surface area (Å²) in [5.41, 5.74) is 0. The van der Waals surface area contributed by atoms with Gasteiger partial charge in [0.25, 0.3) is 0 Å². The zero-order valence-electron chi connectivity index (χ0n) is 12.8. The molecule has 0 radical (unpaired) electrons. The van der Waals surface area contributed by atoms with Gasteiger partial charge in [-0.05, 0) is 52.4 Å². The second-order valence-electron chi connectivity index (χ2n) is 5.29. The van der Waals surface area contributed by atoms with Crippen LogP contribution in [-0.4, -0.2) is 50.8 Å². The molecule has 0 aromatic rings. The summed E-state index contributed by atoms with van der Waals surface area (Å²) in [7, 11) is 2.15. The van der Waals surface area contributed by atoms with Crippen LogP contribution in [0.5, 0.6) is 0 Å². The van der Waals surface area contributed by atoms with Crippen molar-refractivity contribution < 1.29 is 4.74 Å². The minimum atomic E-state index is 0. The minimum Gasteiger partial charge on any atom is -0.378 e. The number of unbranched alkanes of at least 4 members (excludes halogenated alkanes) is 3. The van der Waals surface area contributed by atoms with Crippen molar-refractivity contribution in [3.8, 4) is 0 Å². The van der Waals surface area contributed by atoms with Gasteiger partial charge >= 0.3 is 0 Å². The maximum Gasteiger partial charge on any atom is 0.0599 e. The lowest BCUT2D eigenvalue weighted by molar-refractivity contribution is 0.0307. The largest absolute Gasteiger partial charge is 0.378 e. The molecular formula is C15H32Cl2N2O. The van der Waals surface area contributed by atoms with Crippen LogP contribution in [0.4, 0.5) is 0 Å². The van der Waals surface area contributed by atoms with E-state index in [1.807, 2.05) is 6.08 Å². The quantitative estimate of drug-likeness (QED) is 0.492. The van der Waals surface area contributed by atoms with Crippen molar-refractivity contribution in [1.82, 2.24) is 10.2 Å². The van der Waals surface area contributed by atoms with Gasteiger partial charge in [0.2, 0.25) is 0 Å². The van der Waals surface area contributed by atoms with E-state index in [1.54, 1.807) is 0 Å². The smallest absolute Gasteiger partial charge is 0.0599 e. The maximum atomic E-state index is 5.89. The highest BCUT2D eigenvalue weighted by Crippen LogP contribution is 2.09. The van der Waals surface area contributed by atoms with Gasteiger partial charge in [-0.15, -0.1) is 31.4 Å². The molecule has 0 bridgehead atoms. The number of piperidine rings is 1. The molecule has 0 aliphatic carbocycles. The molecule has 0 spiro atoms. The molecule has 0 aromatic heterocycles. The van der Waals surface area contributed by atoms with Crippen LogP contribution in [0.3, 0.4) is 0 Å². The molecule has 1 aliphatic rings. The van der Waals surface area contributed by atoms with Crippen molar-refractivity contribution >= 4 is 24.8 Å². The highest BCUT2D eigenvalue weighted by Gasteiger charge is 2.12. The van der Waals surface area contributed by atoms with E-state index < -0.39 is 0 Å². The van der Waals surface area contributed by atoms with E-state index in [-0.39, 0.29) is 24.8 Å². The van der Waals surface area contributed by atoms with Crippen molar-refractivity contribution in [1.29, 1.82) is 0 Å². The molecule has 0 unspecified atom stereocenters. The van der Waals surface area contributed by atoms with Crippen LogP contribution in [0.25, 0.3) is 0 Å². The second kappa shape index (κ2) is 15.6. The summed E-state index contributed by atoms with van der Waals surface area (Å²) < 4.78 is 5.89. The van der Waals surface area contributed by atoms with E-state index in [2.05, 4.69) is 23.8 Å². The zero-order chi connectivity index (χ0) is 13.1. The molecule has 3 nitrogen and oxygen atoms in total. The van der Waals surface area contributed by atoms with Crippen molar-refractivity contribution in [3.63, 3.8) is 0 Å². The van der Waals surface area contributed by atoms with Crippen molar-refractivity contribution in [2.24, 2.45) is 0 Å². The Labute approximate surface area is 137 Å². The van der Waals surface area contributed by atoms with Crippen molar-refractivity contribution in [3.05, 3.63) is 12.7 Å². The van der Waals surface area contributed by atoms with Gasteiger partial charge in [0, 0.05) is 13.2 Å². The molecule has 1 heterocycles. The van der Waals surface area contributed by atoms with Gasteiger partial charge in [0.1, 0.15) is 0 Å². The number of rotatable bonds is 10. The fourth-order valence-corrected chi connectivity index (χ4v) is 2.36. The first-order valence-electron chi connectivity index (χ1n) is 7.44. The number of halogens is 2. The fraction of sp³-hybridized carbons (Fsp3) is 0.867. The van der Waals surface area contributed by atoms with Crippen LogP contribution in [0, 0.1) is 0 Å². The Kier molecular flexibility index (Phi) is 17.5. The molecule has 20 heavy (non-hydrogen) atoms. The molecule has 122 valence electrons. The maximum absolute atomic E-state index is 5.89. The monoisotopic (exact) mass is 326 g/mol. The molecule has 0 atom stereocenters. The first-order valence-corrected chi connectivity index (χ1v) is 7.44. The summed E-state index contributed by atoms with van der Waals surface area (Å²) in [5, 5.41) is 3.36. The summed E-state index contributed by atoms with van der Waals surface area (Å²) in [6.07, 6.45) is 9.98. The first-order chi connectivity index (χ1) is 8.83. The van der Waals surface area contributed by atoms with E-state index in [4.69, 9.17) is 4.74 Å². The normalized spacial score (nSPS) is 15.5. The average molecular weight is 327 g/mol. The summed E-state index contributed by atoms with van der Waals surface area (Å²) in [5.74, 6) is 0. The molecule has 0 amide bonds. The molecule has 1 rings (SSSR count). The Morgan fingerprint density at radius 1 is 1.15 bits per heavy atom. The van der Waals surface area contributed by atoms with E-state index in [0.717, 1.165) is 26.2 Å². The molecule has 5 heteroatoms. The molecule has 1 N–H and O–H groups in total. The van der Waals surface area contributed by atoms with E-state index in [0.29, 0.717) is 6.10 Å². The minimum absolute atomic E-state index is 0. The Balaban J connectivity index is 0. The van der Waals surface area contributed by atoms with Crippen LogP contribution < -0.4 is 5.32 Å². The number of likely N-dealkylation sites (N-methyl/N-ethyl adjacent to an activating group) is 1. The third-order valence-corrected chi connectivity index (χ3v) is 3.51. The second-order valence-corrected chi connectivity index (χ2v) is 5.29. The first kappa shape index (κ1) is 22.5. The Morgan fingerprint density at radius 2 is 1.80 bits per heavy atom. The van der Waals surface area contributed by atoms with Gasteiger partial charge in [-0.1, -0.05) is 18.9 Å². The summed E-state index contributed by atoms with van der Waals surface area (Å²) >= 11 is 0. The highest BCUT2D eigenvalue weighted by atomic mass is 35.5. The molecule has 0 saturated carbocycles. The molecule has 0 aromatic carbocycles. The van der Waals surface area contributed by atoms with Crippen molar-refractivity contribution in [2.45, 2.75) is 44.6 Å². The Morgan fingerprint density at radius 3 is 2.45 bits per heavy atom. The van der Waals surface area contributed by atoms with Crippen molar-refractivity contribution in [2.75, 3.05) is 39.8 Å². The summed E-state index contributed by atoms with van der Waals surface area (Å²) in [6, 6.07) is 0. The van der Waals surface area contributed by atoms with Gasteiger partial charge in [0.15, 0.2) is 0 Å². The SMILES string of the molecule is C=CCN(C)CCCCCCOC1CCNCC1.Cl.Cl. The van der Waals surface area contributed by atoms with E-state index >= 15 is 0 Å². The highest BCUT2D eigenvalue weighted by molar-refractivity contribution is 5.85. The molecule has 1 saturated heterocycles. The lowest BCUT2D eigenvalue weighted by Crippen LogP contribution is -2.32. The lowest BCUT2D eigenvalue weighted by Gasteiger charge is -2.22. The number of nitrogens with one attached hydrogen (secondary N) is 1. The Hall–Kier alpha value is 0.200. The number of ether oxygens (including phenoxy) is 1. The zero-order valence-corrected chi connectivity index (χ0v) is 14.4. The van der Waals surface area contributed by atoms with Crippen LogP contribution in [0.2, 0.25) is 0 Å². The number of hydrogen-bond acceptors (Lipinski definition) is 3. The van der Waals surface area contributed by atoms with Crippen LogP contribution in [-0.2, 0) is 4.74 Å². The molecule has 1 fully saturated rings. The predicted molar refractivity (Wildman–Crippen MR) is 92.5 cm³/mol. The average Bonchev–Trinajstić information content (AvgIpc) is 2.39. The third-order valence-electron chi connectivity index (χ3n) is 3.51. The van der Waals surface area contributed by atoms with Crippen LogP contribution >= 0.6 is 24.8 Å². The lowest BCUT2D eigenvalue weighted by atomic mass is 10.1. The van der Waals surface area contributed by atoms with E-state index in [9.17, 15) is 0 Å². The molecule has 1 aliphatic heterocycles. The summed E-state index contributed by atoms with van der Waals surface area (Å²) in [6.45, 7) is 9.13. The third kappa shape index (κ3) is 12.0. The topological polar surface area (TPSA) is 24.5 Å². The van der Waals surface area contributed by atoms with Gasteiger partial charge in [-0.3, -0.25) is 0 Å². The Bertz CT molecular complexity index is 212. The van der Waals surface area contributed by atoms with Crippen LogP contribution in [0.15, 0.2) is 12.7 Å². The van der Waals surface area contributed by atoms with Gasteiger partial charge in [0.05, 0.1) is 6.10 Å². The summed E-state index contributed by atoms with van der Waals surface area (Å²) in [4.78, 5) is 2.32.